The molecule has 1 aliphatic rings. The second-order valence-corrected chi connectivity index (χ2v) is 7.84. The van der Waals surface area contributed by atoms with Crippen molar-refractivity contribution >= 4 is 5.97 Å². The monoisotopic (exact) mass is 432 g/mol. The van der Waals surface area contributed by atoms with E-state index >= 15 is 0 Å². The summed E-state index contributed by atoms with van der Waals surface area (Å²) in [7, 11) is 0. The zero-order valence-electron chi connectivity index (χ0n) is 17.0. The van der Waals surface area contributed by atoms with Gasteiger partial charge in [0, 0.05) is 23.6 Å². The van der Waals surface area contributed by atoms with E-state index in [1.54, 1.807) is 0 Å². The largest absolute Gasteiger partial charge is 0.490 e. The summed E-state index contributed by atoms with van der Waals surface area (Å²) in [5, 5.41) is 0. The van der Waals surface area contributed by atoms with Gasteiger partial charge in [0.1, 0.15) is 25.5 Å². The van der Waals surface area contributed by atoms with Crippen molar-refractivity contribution in [2.45, 2.75) is 58.7 Å². The summed E-state index contributed by atoms with van der Waals surface area (Å²) in [6, 6.07) is 0. The van der Waals surface area contributed by atoms with Crippen LogP contribution >= 0.6 is 0 Å². The number of halogens is 3. The smallest absolute Gasteiger partial charge is 0.456 e. The van der Waals surface area contributed by atoms with E-state index in [9.17, 15) is 27.6 Å². The van der Waals surface area contributed by atoms with Crippen molar-refractivity contribution < 1.29 is 32.2 Å². The molecule has 30 heavy (non-hydrogen) atoms. The molecule has 8 nitrogen and oxygen atoms in total. The zero-order valence-corrected chi connectivity index (χ0v) is 17.0. The van der Waals surface area contributed by atoms with Gasteiger partial charge in [-0.2, -0.15) is 13.2 Å². The predicted octanol–water partition coefficient (Wildman–Crippen LogP) is 1.67. The molecule has 1 aromatic rings. The summed E-state index contributed by atoms with van der Waals surface area (Å²) in [5.74, 6) is 3.42. The number of hydrogen-bond donors (Lipinski definition) is 1. The van der Waals surface area contributed by atoms with E-state index in [1.165, 1.54) is 13.1 Å². The number of aromatic nitrogens is 2. The molecule has 1 fully saturated rings. The molecule has 0 spiro atoms. The number of aryl methyl sites for hydroxylation is 1. The van der Waals surface area contributed by atoms with E-state index < -0.39 is 48.4 Å². The number of carbonyl (C=O) groups excluding carboxylic acids is 1. The lowest BCUT2D eigenvalue weighted by Crippen LogP contribution is -2.34. The molecule has 0 aliphatic carbocycles. The first-order valence-electron chi connectivity index (χ1n) is 9.11. The Balaban J connectivity index is 2.17. The first-order chi connectivity index (χ1) is 13.8. The highest BCUT2D eigenvalue weighted by Gasteiger charge is 2.43. The minimum Gasteiger partial charge on any atom is -0.456 e. The Bertz CT molecular complexity index is 948. The molecule has 11 heteroatoms. The van der Waals surface area contributed by atoms with Gasteiger partial charge in [-0.1, -0.05) is 11.8 Å². The molecule has 1 aromatic heterocycles. The van der Waals surface area contributed by atoms with Crippen molar-refractivity contribution in [1.29, 1.82) is 0 Å². The number of aromatic amines is 1. The van der Waals surface area contributed by atoms with Gasteiger partial charge >= 0.3 is 17.8 Å². The summed E-state index contributed by atoms with van der Waals surface area (Å²) in [5.41, 5.74) is -1.32. The molecule has 2 rings (SSSR count). The predicted molar refractivity (Wildman–Crippen MR) is 98.6 cm³/mol. The van der Waals surface area contributed by atoms with Gasteiger partial charge in [0.15, 0.2) is 0 Å². The van der Waals surface area contributed by atoms with E-state index in [-0.39, 0.29) is 24.0 Å². The minimum atomic E-state index is -5.14. The molecular weight excluding hydrogens is 409 g/mol. The van der Waals surface area contributed by atoms with Crippen LogP contribution in [0.5, 0.6) is 0 Å². The van der Waals surface area contributed by atoms with Crippen LogP contribution in [0.25, 0.3) is 0 Å². The fraction of sp³-hybridized carbons (Fsp3) is 0.632. The van der Waals surface area contributed by atoms with Crippen LogP contribution in [-0.2, 0) is 19.0 Å². The molecule has 0 radical (unpaired) electrons. The molecule has 0 amide bonds. The molecule has 0 aromatic carbocycles. The first-order valence-corrected chi connectivity index (χ1v) is 9.11. The Morgan fingerprint density at radius 1 is 1.33 bits per heavy atom. The van der Waals surface area contributed by atoms with Gasteiger partial charge < -0.3 is 14.2 Å². The summed E-state index contributed by atoms with van der Waals surface area (Å²) in [6.45, 7) is 6.45. The number of H-pyrrole nitrogens is 1. The molecule has 166 valence electrons. The van der Waals surface area contributed by atoms with Crippen molar-refractivity contribution in [3.8, 4) is 11.8 Å². The third-order valence-electron chi connectivity index (χ3n) is 4.08. The van der Waals surface area contributed by atoms with E-state index in [0.29, 0.717) is 0 Å². The number of ether oxygens (including phenoxy) is 3. The Morgan fingerprint density at radius 3 is 2.60 bits per heavy atom. The van der Waals surface area contributed by atoms with Crippen molar-refractivity contribution in [2.24, 2.45) is 5.41 Å². The molecule has 2 heterocycles. The Morgan fingerprint density at radius 2 is 2.00 bits per heavy atom. The third kappa shape index (κ3) is 6.47. The van der Waals surface area contributed by atoms with E-state index in [2.05, 4.69) is 21.6 Å². The van der Waals surface area contributed by atoms with Crippen LogP contribution in [0.4, 0.5) is 13.2 Å². The second-order valence-electron chi connectivity index (χ2n) is 7.84. The number of rotatable bonds is 5. The van der Waals surface area contributed by atoms with Crippen LogP contribution in [0.2, 0.25) is 0 Å². The fourth-order valence-corrected chi connectivity index (χ4v) is 2.69. The van der Waals surface area contributed by atoms with Crippen molar-refractivity contribution in [2.75, 3.05) is 13.2 Å². The number of esters is 1. The highest BCUT2D eigenvalue weighted by Crippen LogP contribution is 2.30. The van der Waals surface area contributed by atoms with Gasteiger partial charge in [-0.05, 0) is 27.7 Å². The summed E-state index contributed by atoms with van der Waals surface area (Å²) >= 11 is 0. The SMILES string of the molecule is Cc1cn([C@H]2C[C@H](OCC#CC(C)(C)C)[C@@H](COC(=O)C(F)(F)F)O2)c(=O)[nH]c1=O. The van der Waals surface area contributed by atoms with E-state index in [1.807, 2.05) is 20.8 Å². The van der Waals surface area contributed by atoms with Gasteiger partial charge in [0.2, 0.25) is 0 Å². The number of nitrogens with zero attached hydrogens (tertiary/aromatic N) is 1. The normalized spacial score (nSPS) is 21.8. The van der Waals surface area contributed by atoms with Gasteiger partial charge in [-0.15, -0.1) is 0 Å². The van der Waals surface area contributed by atoms with Gasteiger partial charge in [-0.3, -0.25) is 14.3 Å². The molecular formula is C19H23F3N2O6. The van der Waals surface area contributed by atoms with Crippen LogP contribution in [-0.4, -0.2) is 47.1 Å². The number of alkyl halides is 3. The quantitative estimate of drug-likeness (QED) is 0.561. The molecule has 3 atom stereocenters. The maximum atomic E-state index is 12.4. The van der Waals surface area contributed by atoms with Crippen LogP contribution in [0.15, 0.2) is 15.8 Å². The first kappa shape index (κ1) is 23.7. The van der Waals surface area contributed by atoms with Gasteiger partial charge in [0.25, 0.3) is 5.56 Å². The lowest BCUT2D eigenvalue weighted by molar-refractivity contribution is -0.204. The van der Waals surface area contributed by atoms with Crippen molar-refractivity contribution in [1.82, 2.24) is 9.55 Å². The lowest BCUT2D eigenvalue weighted by Gasteiger charge is -2.18. The maximum absolute atomic E-state index is 12.4. The number of nitrogens with one attached hydrogen (secondary N) is 1. The molecule has 0 unspecified atom stereocenters. The zero-order chi connectivity index (χ0) is 22.7. The van der Waals surface area contributed by atoms with Crippen LogP contribution in [0, 0.1) is 24.2 Å². The lowest BCUT2D eigenvalue weighted by atomic mass is 9.98. The highest BCUT2D eigenvalue weighted by atomic mass is 19.4. The van der Waals surface area contributed by atoms with E-state index in [4.69, 9.17) is 9.47 Å². The average Bonchev–Trinajstić information content (AvgIpc) is 3.01. The summed E-state index contributed by atoms with van der Waals surface area (Å²) in [6.07, 6.45) is -6.55. The molecule has 1 N–H and O–H groups in total. The third-order valence-corrected chi connectivity index (χ3v) is 4.08. The van der Waals surface area contributed by atoms with Crippen molar-refractivity contribution in [3.63, 3.8) is 0 Å². The van der Waals surface area contributed by atoms with Crippen LogP contribution in [0.1, 0.15) is 39.0 Å². The Hall–Kier alpha value is -2.58. The summed E-state index contributed by atoms with van der Waals surface area (Å²) in [4.78, 5) is 36.8. The number of carbonyl (C=O) groups is 1. The standard InChI is InChI=1S/C19H23F3N2O6/c1-11-9-24(17(27)23-15(11)25)14-8-12(28-7-5-6-18(2,3)4)13(30-14)10-29-16(26)19(20,21)22/h9,12-14H,7-8,10H2,1-4H3,(H,23,25,27)/t12-,13+,14+/m0/s1. The Labute approximate surface area is 170 Å². The topological polar surface area (TPSA) is 99.6 Å². The molecule has 0 bridgehead atoms. The summed E-state index contributed by atoms with van der Waals surface area (Å²) < 4.78 is 53.9. The molecule has 1 saturated heterocycles. The van der Waals surface area contributed by atoms with Crippen LogP contribution < -0.4 is 11.2 Å². The number of hydrogen-bond acceptors (Lipinski definition) is 6. The van der Waals surface area contributed by atoms with Gasteiger partial charge in [-0.25, -0.2) is 9.59 Å². The molecule has 0 saturated carbocycles. The Kier molecular flexibility index (Phi) is 7.15. The second kappa shape index (κ2) is 9.06. The molecule has 1 aliphatic heterocycles. The average molecular weight is 432 g/mol. The highest BCUT2D eigenvalue weighted by molar-refractivity contribution is 5.75. The maximum Gasteiger partial charge on any atom is 0.490 e. The van der Waals surface area contributed by atoms with Gasteiger partial charge in [0.05, 0.1) is 6.10 Å². The van der Waals surface area contributed by atoms with Crippen molar-refractivity contribution in [3.05, 3.63) is 32.6 Å². The van der Waals surface area contributed by atoms with Crippen LogP contribution in [0.3, 0.4) is 0 Å². The van der Waals surface area contributed by atoms with E-state index in [0.717, 1.165) is 4.57 Å². The fourth-order valence-electron chi connectivity index (χ4n) is 2.69. The minimum absolute atomic E-state index is 0.0265.